The minimum atomic E-state index is -2.34. The monoisotopic (exact) mass is 456 g/mol. The highest BCUT2D eigenvalue weighted by molar-refractivity contribution is 6.85. The molecule has 0 spiro atoms. The highest BCUT2D eigenvalue weighted by Gasteiger charge is 2.56. The molecule has 4 rings (SSSR count). The van der Waals surface area contributed by atoms with Crippen LogP contribution in [0, 0.1) is 0 Å². The summed E-state index contributed by atoms with van der Waals surface area (Å²) in [5, 5.41) is 0. The largest absolute Gasteiger partial charge is 0.420 e. The molecule has 1 aliphatic heterocycles. The van der Waals surface area contributed by atoms with Crippen molar-refractivity contribution in [1.82, 2.24) is 0 Å². The van der Waals surface area contributed by atoms with E-state index in [0.29, 0.717) is 5.54 Å². The Bertz CT molecular complexity index is 451. The minimum Gasteiger partial charge on any atom is -0.420 e. The SMILES string of the molecule is CCCOC[Si]1(C2CCCCC2)O[SiH](C2CCCCC2)O[SiH](C2CCCCC2)O1. The lowest BCUT2D eigenvalue weighted by molar-refractivity contribution is 0.122. The molecule has 4 nitrogen and oxygen atoms in total. The van der Waals surface area contributed by atoms with Crippen LogP contribution >= 0.6 is 0 Å². The Morgan fingerprint density at radius 1 is 0.724 bits per heavy atom. The molecule has 1 saturated heterocycles. The number of hydrogen-bond acceptors (Lipinski definition) is 4. The minimum absolute atomic E-state index is 0.647. The Labute approximate surface area is 183 Å². The first-order chi connectivity index (χ1) is 14.3. The molecule has 0 aromatic rings. The second-order valence-corrected chi connectivity index (χ2v) is 19.2. The van der Waals surface area contributed by atoms with Crippen molar-refractivity contribution >= 4 is 27.1 Å². The maximum atomic E-state index is 7.16. The fourth-order valence-corrected chi connectivity index (χ4v) is 21.9. The highest BCUT2D eigenvalue weighted by atomic mass is 28.5. The van der Waals surface area contributed by atoms with Crippen LogP contribution in [-0.2, 0) is 17.1 Å². The van der Waals surface area contributed by atoms with Crippen LogP contribution < -0.4 is 0 Å². The molecule has 3 aliphatic carbocycles. The molecule has 4 fully saturated rings. The van der Waals surface area contributed by atoms with Crippen LogP contribution in [0.15, 0.2) is 0 Å². The number of ether oxygens (including phenoxy) is 1. The van der Waals surface area contributed by atoms with Gasteiger partial charge in [-0.2, -0.15) is 0 Å². The Balaban J connectivity index is 1.56. The van der Waals surface area contributed by atoms with Gasteiger partial charge < -0.3 is 17.1 Å². The number of rotatable bonds is 7. The Kier molecular flexibility index (Phi) is 8.90. The maximum Gasteiger partial charge on any atom is 0.350 e. The van der Waals surface area contributed by atoms with Gasteiger partial charge in [0.2, 0.25) is 0 Å². The molecule has 2 atom stereocenters. The van der Waals surface area contributed by atoms with Gasteiger partial charge in [0.15, 0.2) is 0 Å². The molecule has 0 aromatic carbocycles. The van der Waals surface area contributed by atoms with Crippen molar-refractivity contribution in [1.29, 1.82) is 0 Å². The molecule has 0 aromatic heterocycles. The fraction of sp³-hybridized carbons (Fsp3) is 1.00. The lowest BCUT2D eigenvalue weighted by Crippen LogP contribution is -2.65. The zero-order chi connectivity index (χ0) is 19.9. The van der Waals surface area contributed by atoms with E-state index < -0.39 is 27.1 Å². The van der Waals surface area contributed by atoms with Gasteiger partial charge in [-0.25, -0.2) is 0 Å². The summed E-state index contributed by atoms with van der Waals surface area (Å²) in [6, 6.07) is 0. The van der Waals surface area contributed by atoms with Crippen molar-refractivity contribution in [3.8, 4) is 0 Å². The van der Waals surface area contributed by atoms with Crippen LogP contribution in [-0.4, -0.2) is 40.0 Å². The fourth-order valence-electron chi connectivity index (χ4n) is 6.12. The lowest BCUT2D eigenvalue weighted by atomic mass is 10.0. The molecular weight excluding hydrogens is 412 g/mol. The van der Waals surface area contributed by atoms with Gasteiger partial charge in [0.25, 0.3) is 0 Å². The van der Waals surface area contributed by atoms with Gasteiger partial charge in [-0.1, -0.05) is 64.7 Å². The molecule has 1 heterocycles. The predicted molar refractivity (Wildman–Crippen MR) is 125 cm³/mol. The van der Waals surface area contributed by atoms with E-state index >= 15 is 0 Å². The van der Waals surface area contributed by atoms with E-state index in [2.05, 4.69) is 6.92 Å². The third kappa shape index (κ3) is 5.84. The van der Waals surface area contributed by atoms with E-state index in [9.17, 15) is 0 Å². The molecule has 3 saturated carbocycles. The zero-order valence-corrected chi connectivity index (χ0v) is 22.1. The predicted octanol–water partition coefficient (Wildman–Crippen LogP) is 5.90. The summed E-state index contributed by atoms with van der Waals surface area (Å²) >= 11 is 0. The summed E-state index contributed by atoms with van der Waals surface area (Å²) < 4.78 is 27.5. The van der Waals surface area contributed by atoms with Gasteiger partial charge in [-0.15, -0.1) is 0 Å². The summed E-state index contributed by atoms with van der Waals surface area (Å²) in [5.41, 5.74) is 2.11. The molecule has 0 amide bonds. The van der Waals surface area contributed by atoms with Gasteiger partial charge in [0.05, 0.1) is 6.23 Å². The zero-order valence-electron chi connectivity index (χ0n) is 18.7. The molecule has 0 bridgehead atoms. The van der Waals surface area contributed by atoms with Crippen LogP contribution in [0.5, 0.6) is 0 Å². The first kappa shape index (κ1) is 22.7. The third-order valence-corrected chi connectivity index (χ3v) is 20.3. The van der Waals surface area contributed by atoms with Gasteiger partial charge in [-0.3, -0.25) is 0 Å². The number of hydrogen-bond donors (Lipinski definition) is 0. The molecular formula is C22H44O4Si3. The Hall–Kier alpha value is 0.491. The molecule has 4 aliphatic rings. The molecule has 7 heteroatoms. The quantitative estimate of drug-likeness (QED) is 0.353. The Morgan fingerprint density at radius 2 is 1.21 bits per heavy atom. The summed E-state index contributed by atoms with van der Waals surface area (Å²) in [4.78, 5) is 0. The van der Waals surface area contributed by atoms with Crippen molar-refractivity contribution in [3.05, 3.63) is 0 Å². The summed E-state index contributed by atoms with van der Waals surface area (Å²) in [5.74, 6) is 0. The first-order valence-electron chi connectivity index (χ1n) is 12.9. The van der Waals surface area contributed by atoms with Gasteiger partial charge in [-0.05, 0) is 56.0 Å². The van der Waals surface area contributed by atoms with Crippen molar-refractivity contribution in [2.24, 2.45) is 0 Å². The first-order valence-corrected chi connectivity index (χ1v) is 18.2. The molecule has 0 N–H and O–H groups in total. The third-order valence-electron chi connectivity index (χ3n) is 7.85. The van der Waals surface area contributed by atoms with Crippen LogP contribution in [0.1, 0.15) is 110 Å². The van der Waals surface area contributed by atoms with Gasteiger partial charge in [0.1, 0.15) is 0 Å². The van der Waals surface area contributed by atoms with E-state index in [1.165, 1.54) is 96.3 Å². The summed E-state index contributed by atoms with van der Waals surface area (Å²) in [6.07, 6.45) is 22.2. The van der Waals surface area contributed by atoms with Gasteiger partial charge in [0, 0.05) is 12.1 Å². The van der Waals surface area contributed by atoms with Crippen LogP contribution in [0.25, 0.3) is 0 Å². The van der Waals surface area contributed by atoms with Crippen molar-refractivity contribution in [2.75, 3.05) is 12.8 Å². The second kappa shape index (κ2) is 11.4. The molecule has 29 heavy (non-hydrogen) atoms. The van der Waals surface area contributed by atoms with Crippen molar-refractivity contribution in [3.63, 3.8) is 0 Å². The van der Waals surface area contributed by atoms with Gasteiger partial charge >= 0.3 is 27.1 Å². The average molecular weight is 457 g/mol. The molecule has 168 valence electrons. The normalized spacial score (nSPS) is 36.3. The van der Waals surface area contributed by atoms with Crippen LogP contribution in [0.2, 0.25) is 16.6 Å². The smallest absolute Gasteiger partial charge is 0.350 e. The highest BCUT2D eigenvalue weighted by Crippen LogP contribution is 2.46. The van der Waals surface area contributed by atoms with Crippen molar-refractivity contribution in [2.45, 2.75) is 126 Å². The molecule has 2 unspecified atom stereocenters. The maximum absolute atomic E-state index is 7.16. The summed E-state index contributed by atoms with van der Waals surface area (Å²) in [6.45, 7) is 3.06. The standard InChI is InChI=1S/C22H44O4Si3/c1-2-18-23-19-29(22-16-10-5-11-17-22)25-27(20-12-6-3-7-13-20)24-28(26-29)21-14-8-4-9-15-21/h20-22,27-28H,2-19H2,1H3. The lowest BCUT2D eigenvalue weighted by Gasteiger charge is -2.50. The van der Waals surface area contributed by atoms with E-state index in [1.807, 2.05) is 0 Å². The topological polar surface area (TPSA) is 36.9 Å². The average Bonchev–Trinajstić information content (AvgIpc) is 2.81. The second-order valence-electron chi connectivity index (χ2n) is 10.1. The van der Waals surface area contributed by atoms with E-state index in [0.717, 1.165) is 30.3 Å². The van der Waals surface area contributed by atoms with Crippen molar-refractivity contribution < 1.29 is 17.1 Å². The van der Waals surface area contributed by atoms with Crippen LogP contribution in [0.4, 0.5) is 0 Å². The van der Waals surface area contributed by atoms with E-state index in [1.54, 1.807) is 0 Å². The van der Waals surface area contributed by atoms with Crippen LogP contribution in [0.3, 0.4) is 0 Å². The Morgan fingerprint density at radius 3 is 1.69 bits per heavy atom. The summed E-state index contributed by atoms with van der Waals surface area (Å²) in [7, 11) is -5.67. The van der Waals surface area contributed by atoms with E-state index in [-0.39, 0.29) is 0 Å². The van der Waals surface area contributed by atoms with E-state index in [4.69, 9.17) is 17.1 Å². The molecule has 0 radical (unpaired) electrons.